The Kier molecular flexibility index (Phi) is 6.44. The van der Waals surface area contributed by atoms with E-state index in [0.717, 1.165) is 31.2 Å². The number of methoxy groups -OCH3 is 1. The van der Waals surface area contributed by atoms with E-state index in [0.29, 0.717) is 0 Å². The van der Waals surface area contributed by atoms with E-state index in [9.17, 15) is 4.79 Å². The van der Waals surface area contributed by atoms with Crippen molar-refractivity contribution >= 4 is 5.97 Å². The first-order valence-corrected chi connectivity index (χ1v) is 6.46. The minimum atomic E-state index is -0.210. The number of ether oxygens (including phenoxy) is 1. The number of rotatable bonds is 7. The number of unbranched alkanes of at least 4 members (excludes halogenated alkanes) is 2. The third kappa shape index (κ3) is 4.49. The molecule has 1 aromatic carbocycles. The van der Waals surface area contributed by atoms with Crippen molar-refractivity contribution in [3.8, 4) is 0 Å². The number of hydrogen-bond donors (Lipinski definition) is 1. The molecular weight excluding hydrogens is 228 g/mol. The Morgan fingerprint density at radius 1 is 1.22 bits per heavy atom. The second-order valence-corrected chi connectivity index (χ2v) is 4.52. The molecule has 0 heterocycles. The van der Waals surface area contributed by atoms with Gasteiger partial charge in [-0.15, -0.1) is 0 Å². The zero-order chi connectivity index (χ0) is 13.4. The molecule has 0 fully saturated rings. The number of aliphatic hydroxyl groups excluding tert-OH is 1. The van der Waals surface area contributed by atoms with E-state index in [4.69, 9.17) is 9.84 Å². The smallest absolute Gasteiger partial charge is 0.312 e. The largest absolute Gasteiger partial charge is 0.469 e. The fraction of sp³-hybridized carbons (Fsp3) is 0.533. The highest BCUT2D eigenvalue weighted by Gasteiger charge is 2.14. The van der Waals surface area contributed by atoms with Crippen LogP contribution in [0.5, 0.6) is 0 Å². The summed E-state index contributed by atoms with van der Waals surface area (Å²) in [7, 11) is 1.41. The molecule has 0 saturated heterocycles. The zero-order valence-electron chi connectivity index (χ0n) is 11.2. The number of benzene rings is 1. The molecule has 1 atom stereocenters. The molecule has 0 amide bonds. The van der Waals surface area contributed by atoms with Crippen LogP contribution in [0, 0.1) is 0 Å². The summed E-state index contributed by atoms with van der Waals surface area (Å²) < 4.78 is 4.73. The molecule has 0 bridgehead atoms. The molecule has 0 saturated carbocycles. The molecule has 0 aliphatic heterocycles. The molecule has 1 unspecified atom stereocenters. The summed E-state index contributed by atoms with van der Waals surface area (Å²) in [6.45, 7) is 2.12. The van der Waals surface area contributed by atoms with Crippen molar-refractivity contribution < 1.29 is 14.6 Å². The van der Waals surface area contributed by atoms with Crippen molar-refractivity contribution in [1.29, 1.82) is 0 Å². The lowest BCUT2D eigenvalue weighted by atomic mass is 9.98. The molecule has 1 aromatic rings. The number of carbonyl (C=O) groups excluding carboxylic acids is 1. The van der Waals surface area contributed by atoms with Gasteiger partial charge < -0.3 is 9.84 Å². The maximum absolute atomic E-state index is 11.4. The van der Waals surface area contributed by atoms with Crippen LogP contribution in [0.15, 0.2) is 24.3 Å². The van der Waals surface area contributed by atoms with Gasteiger partial charge >= 0.3 is 5.97 Å². The fourth-order valence-corrected chi connectivity index (χ4v) is 1.90. The Balaban J connectivity index is 2.49. The Morgan fingerprint density at radius 3 is 2.44 bits per heavy atom. The van der Waals surface area contributed by atoms with Gasteiger partial charge in [-0.2, -0.15) is 0 Å². The first kappa shape index (κ1) is 14.7. The van der Waals surface area contributed by atoms with Gasteiger partial charge in [0.15, 0.2) is 0 Å². The maximum Gasteiger partial charge on any atom is 0.312 e. The lowest BCUT2D eigenvalue weighted by Gasteiger charge is -2.10. The topological polar surface area (TPSA) is 46.5 Å². The molecule has 0 aliphatic rings. The van der Waals surface area contributed by atoms with Gasteiger partial charge in [0.05, 0.1) is 13.0 Å². The van der Waals surface area contributed by atoms with Crippen LogP contribution in [0.4, 0.5) is 0 Å². The van der Waals surface area contributed by atoms with Crippen LogP contribution in [-0.2, 0) is 16.0 Å². The van der Waals surface area contributed by atoms with Crippen LogP contribution in [0.1, 0.15) is 43.2 Å². The first-order valence-electron chi connectivity index (χ1n) is 6.46. The molecule has 0 aromatic heterocycles. The summed E-state index contributed by atoms with van der Waals surface area (Å²) in [6, 6.07) is 8.10. The third-order valence-electron chi connectivity index (χ3n) is 3.16. The summed E-state index contributed by atoms with van der Waals surface area (Å²) in [4.78, 5) is 11.4. The molecular formula is C15H22O3. The average Bonchev–Trinajstić information content (AvgIpc) is 2.42. The van der Waals surface area contributed by atoms with Crippen molar-refractivity contribution in [3.05, 3.63) is 35.4 Å². The Bertz CT molecular complexity index is 357. The molecule has 1 rings (SSSR count). The second kappa shape index (κ2) is 7.88. The van der Waals surface area contributed by atoms with Crippen LogP contribution in [-0.4, -0.2) is 24.8 Å². The molecule has 0 radical (unpaired) electrons. The summed E-state index contributed by atoms with van der Waals surface area (Å²) in [5.74, 6) is -0.413. The van der Waals surface area contributed by atoms with E-state index >= 15 is 0 Å². The lowest BCUT2D eigenvalue weighted by Crippen LogP contribution is -2.10. The highest BCUT2D eigenvalue weighted by molar-refractivity contribution is 5.77. The monoisotopic (exact) mass is 250 g/mol. The highest BCUT2D eigenvalue weighted by atomic mass is 16.5. The Hall–Kier alpha value is -1.35. The fourth-order valence-electron chi connectivity index (χ4n) is 1.90. The van der Waals surface area contributed by atoms with Crippen molar-refractivity contribution in [2.45, 2.75) is 38.5 Å². The van der Waals surface area contributed by atoms with Crippen molar-refractivity contribution in [2.75, 3.05) is 13.7 Å². The van der Waals surface area contributed by atoms with E-state index in [1.54, 1.807) is 0 Å². The van der Waals surface area contributed by atoms with Crippen LogP contribution in [0.25, 0.3) is 0 Å². The summed E-state index contributed by atoms with van der Waals surface area (Å²) in [5.41, 5.74) is 2.26. The number of carbonyl (C=O) groups is 1. The molecule has 100 valence electrons. The standard InChI is InChI=1S/C15H22O3/c1-12(15(17)18-2)14-9-7-13(8-10-14)6-4-3-5-11-16/h7-10,12,16H,3-6,11H2,1-2H3. The van der Waals surface area contributed by atoms with Crippen molar-refractivity contribution in [3.63, 3.8) is 0 Å². The predicted molar refractivity (Wildman–Crippen MR) is 71.5 cm³/mol. The van der Waals surface area contributed by atoms with Gasteiger partial charge in [-0.25, -0.2) is 0 Å². The summed E-state index contributed by atoms with van der Waals surface area (Å²) in [6.07, 6.45) is 4.04. The van der Waals surface area contributed by atoms with E-state index < -0.39 is 0 Å². The van der Waals surface area contributed by atoms with Crippen LogP contribution in [0.3, 0.4) is 0 Å². The molecule has 0 aliphatic carbocycles. The average molecular weight is 250 g/mol. The van der Waals surface area contributed by atoms with Gasteiger partial charge in [0.25, 0.3) is 0 Å². The van der Waals surface area contributed by atoms with Gasteiger partial charge in [0.1, 0.15) is 0 Å². The van der Waals surface area contributed by atoms with Gasteiger partial charge in [-0.05, 0) is 37.3 Å². The first-order chi connectivity index (χ1) is 8.69. The van der Waals surface area contributed by atoms with Crippen molar-refractivity contribution in [1.82, 2.24) is 0 Å². The van der Waals surface area contributed by atoms with E-state index in [2.05, 4.69) is 12.1 Å². The van der Waals surface area contributed by atoms with E-state index in [1.165, 1.54) is 12.7 Å². The highest BCUT2D eigenvalue weighted by Crippen LogP contribution is 2.18. The Morgan fingerprint density at radius 2 is 1.89 bits per heavy atom. The van der Waals surface area contributed by atoms with Gasteiger partial charge in [0.2, 0.25) is 0 Å². The zero-order valence-corrected chi connectivity index (χ0v) is 11.2. The van der Waals surface area contributed by atoms with E-state index in [-0.39, 0.29) is 18.5 Å². The summed E-state index contributed by atoms with van der Waals surface area (Å²) >= 11 is 0. The van der Waals surface area contributed by atoms with Crippen molar-refractivity contribution in [2.24, 2.45) is 0 Å². The molecule has 3 nitrogen and oxygen atoms in total. The molecule has 1 N–H and O–H groups in total. The lowest BCUT2D eigenvalue weighted by molar-refractivity contribution is -0.141. The number of aryl methyl sites for hydroxylation is 1. The molecule has 18 heavy (non-hydrogen) atoms. The number of aliphatic hydroxyl groups is 1. The predicted octanol–water partition coefficient (Wildman–Crippen LogP) is 2.67. The van der Waals surface area contributed by atoms with Crippen LogP contribution >= 0.6 is 0 Å². The minimum absolute atomic E-state index is 0.203. The third-order valence-corrected chi connectivity index (χ3v) is 3.16. The van der Waals surface area contributed by atoms with Crippen LogP contribution in [0.2, 0.25) is 0 Å². The van der Waals surface area contributed by atoms with Gasteiger partial charge in [-0.1, -0.05) is 30.7 Å². The van der Waals surface area contributed by atoms with Gasteiger partial charge in [-0.3, -0.25) is 4.79 Å². The SMILES string of the molecule is COC(=O)C(C)c1ccc(CCCCCO)cc1. The summed E-state index contributed by atoms with van der Waals surface area (Å²) in [5, 5.41) is 8.69. The quantitative estimate of drug-likeness (QED) is 0.598. The normalized spacial score (nSPS) is 12.2. The maximum atomic E-state index is 11.4. The molecule has 3 heteroatoms. The van der Waals surface area contributed by atoms with Gasteiger partial charge in [0, 0.05) is 6.61 Å². The second-order valence-electron chi connectivity index (χ2n) is 4.52. The molecule has 0 spiro atoms. The van der Waals surface area contributed by atoms with Crippen LogP contribution < -0.4 is 0 Å². The minimum Gasteiger partial charge on any atom is -0.469 e. The Labute approximate surface area is 109 Å². The van der Waals surface area contributed by atoms with E-state index in [1.807, 2.05) is 19.1 Å². The number of hydrogen-bond acceptors (Lipinski definition) is 3. The number of esters is 1.